The molecule has 0 amide bonds. The quantitative estimate of drug-likeness (QED) is 0.0472. The molecule has 312 valence electrons. The van der Waals surface area contributed by atoms with Crippen LogP contribution in [0.3, 0.4) is 0 Å². The largest absolute Gasteiger partial charge is 0.497 e. The van der Waals surface area contributed by atoms with E-state index in [1.807, 2.05) is 6.07 Å². The van der Waals surface area contributed by atoms with Crippen LogP contribution >= 0.6 is 7.82 Å². The van der Waals surface area contributed by atoms with Crippen molar-refractivity contribution in [2.75, 3.05) is 33.5 Å². The lowest BCUT2D eigenvalue weighted by atomic mass is 9.92. The number of aliphatic hydroxyl groups excluding tert-OH is 2. The Morgan fingerprint density at radius 1 is 0.929 bits per heavy atom. The number of ether oxygens (including phenoxy) is 4. The average Bonchev–Trinajstić information content (AvgIpc) is 3.75. The number of hydrogen-bond donors (Lipinski definition) is 3. The molecule has 1 unspecified atom stereocenters. The standard InChI is InChI=1S/C40H62N5O10P/c1-4-5-6-7-8-9-10-11-12-13-14-15-16-17-18-19-24-51-26-33(54-37-25-32(50-3)22-23-42-37)27-52-56(48,49)53-28-35-38(46)39(47)40(29-41,55-35)36-21-20-34-31(2)43-30-44-45(34)36/h20-23,25,30,33,35,38-39,46-47H,4-19,24,26-28H2,1-3H3,(H,48,49)/t33-,35-,38-,39-,40+/m1/s1. The molecule has 16 heteroatoms. The normalized spacial score (nSPS) is 21.2. The van der Waals surface area contributed by atoms with Gasteiger partial charge in [-0.25, -0.2) is 19.0 Å². The summed E-state index contributed by atoms with van der Waals surface area (Å²) in [6, 6.07) is 8.39. The third-order valence-corrected chi connectivity index (χ3v) is 11.1. The molecule has 0 bridgehead atoms. The van der Waals surface area contributed by atoms with Crippen LogP contribution in [0.4, 0.5) is 0 Å². The summed E-state index contributed by atoms with van der Waals surface area (Å²) in [6.45, 7) is 3.47. The third-order valence-electron chi connectivity index (χ3n) is 10.2. The summed E-state index contributed by atoms with van der Waals surface area (Å²) in [5.41, 5.74) is -0.692. The fourth-order valence-corrected chi connectivity index (χ4v) is 7.64. The smallest absolute Gasteiger partial charge is 0.472 e. The van der Waals surface area contributed by atoms with Crippen LogP contribution in [0.1, 0.15) is 121 Å². The number of aryl methyl sites for hydroxylation is 1. The van der Waals surface area contributed by atoms with Crippen molar-refractivity contribution < 1.29 is 47.7 Å². The second-order valence-electron chi connectivity index (χ2n) is 14.5. The molecule has 3 aromatic rings. The number of aliphatic hydroxyl groups is 2. The van der Waals surface area contributed by atoms with E-state index < -0.39 is 51.1 Å². The summed E-state index contributed by atoms with van der Waals surface area (Å²) >= 11 is 0. The van der Waals surface area contributed by atoms with E-state index in [-0.39, 0.29) is 18.2 Å². The number of unbranched alkanes of at least 4 members (excludes halogenated alkanes) is 15. The second kappa shape index (κ2) is 23.9. The molecule has 0 spiro atoms. The maximum Gasteiger partial charge on any atom is 0.472 e. The highest BCUT2D eigenvalue weighted by atomic mass is 31.2. The van der Waals surface area contributed by atoms with Gasteiger partial charge in [-0.05, 0) is 31.5 Å². The van der Waals surface area contributed by atoms with Gasteiger partial charge < -0.3 is 34.1 Å². The molecule has 0 aliphatic carbocycles. The Kier molecular flexibility index (Phi) is 19.4. The minimum absolute atomic E-state index is 0.0489. The Labute approximate surface area is 331 Å². The zero-order valence-corrected chi connectivity index (χ0v) is 34.2. The van der Waals surface area contributed by atoms with E-state index in [9.17, 15) is 24.9 Å². The summed E-state index contributed by atoms with van der Waals surface area (Å²) in [7, 11) is -3.25. The number of aromatic nitrogens is 4. The topological polar surface area (TPSA) is 200 Å². The number of methoxy groups -OCH3 is 1. The van der Waals surface area contributed by atoms with Crippen molar-refractivity contribution in [2.24, 2.45) is 0 Å². The highest BCUT2D eigenvalue weighted by molar-refractivity contribution is 7.47. The van der Waals surface area contributed by atoms with Crippen molar-refractivity contribution >= 4 is 13.3 Å². The lowest BCUT2D eigenvalue weighted by molar-refractivity contribution is -0.0652. The van der Waals surface area contributed by atoms with Crippen molar-refractivity contribution in [3.05, 3.63) is 48.2 Å². The van der Waals surface area contributed by atoms with E-state index in [1.54, 1.807) is 31.2 Å². The van der Waals surface area contributed by atoms with Crippen LogP contribution in [0, 0.1) is 18.3 Å². The molecular weight excluding hydrogens is 741 g/mol. The molecule has 1 aliphatic heterocycles. The molecule has 1 saturated heterocycles. The number of phosphoric acid groups is 1. The van der Waals surface area contributed by atoms with Gasteiger partial charge in [-0.3, -0.25) is 9.05 Å². The number of nitrogens with zero attached hydrogens (tertiary/aromatic N) is 5. The Morgan fingerprint density at radius 3 is 2.20 bits per heavy atom. The number of nitriles is 1. The third kappa shape index (κ3) is 13.7. The van der Waals surface area contributed by atoms with Gasteiger partial charge in [0.05, 0.1) is 43.8 Å². The summed E-state index contributed by atoms with van der Waals surface area (Å²) in [5.74, 6) is 0.724. The predicted octanol–water partition coefficient (Wildman–Crippen LogP) is 7.14. The molecule has 4 rings (SSSR count). The highest BCUT2D eigenvalue weighted by Gasteiger charge is 2.58. The average molecular weight is 804 g/mol. The van der Waals surface area contributed by atoms with Crippen molar-refractivity contribution in [1.29, 1.82) is 5.26 Å². The molecule has 4 heterocycles. The van der Waals surface area contributed by atoms with Gasteiger partial charge in [0, 0.05) is 18.9 Å². The molecule has 1 fully saturated rings. The maximum absolute atomic E-state index is 13.0. The number of hydrogen-bond acceptors (Lipinski definition) is 13. The van der Waals surface area contributed by atoms with Crippen LogP contribution in [-0.2, 0) is 28.7 Å². The van der Waals surface area contributed by atoms with Crippen molar-refractivity contribution in [1.82, 2.24) is 19.6 Å². The first kappa shape index (κ1) is 45.5. The first-order chi connectivity index (χ1) is 27.1. The molecule has 15 nitrogen and oxygen atoms in total. The van der Waals surface area contributed by atoms with Gasteiger partial charge in [-0.15, -0.1) is 0 Å². The van der Waals surface area contributed by atoms with Crippen LogP contribution in [-0.4, -0.2) is 92.6 Å². The fraction of sp³-hybridized carbons (Fsp3) is 0.700. The molecule has 6 atom stereocenters. The number of phosphoric ester groups is 1. The lowest BCUT2D eigenvalue weighted by Crippen LogP contribution is -2.41. The minimum Gasteiger partial charge on any atom is -0.497 e. The summed E-state index contributed by atoms with van der Waals surface area (Å²) in [5, 5.41) is 36.2. The zero-order chi connectivity index (χ0) is 40.2. The fourth-order valence-electron chi connectivity index (χ4n) is 6.87. The molecule has 0 aromatic carbocycles. The van der Waals surface area contributed by atoms with Gasteiger partial charge in [-0.2, -0.15) is 10.4 Å². The van der Waals surface area contributed by atoms with E-state index in [2.05, 4.69) is 22.0 Å². The van der Waals surface area contributed by atoms with Crippen LogP contribution in [0.5, 0.6) is 11.6 Å². The van der Waals surface area contributed by atoms with Gasteiger partial charge in [0.25, 0.3) is 0 Å². The Balaban J connectivity index is 1.18. The van der Waals surface area contributed by atoms with E-state index >= 15 is 0 Å². The van der Waals surface area contributed by atoms with E-state index in [0.717, 1.165) is 19.3 Å². The van der Waals surface area contributed by atoms with Gasteiger partial charge in [0.1, 0.15) is 42.6 Å². The van der Waals surface area contributed by atoms with Crippen molar-refractivity contribution in [2.45, 2.75) is 147 Å². The van der Waals surface area contributed by atoms with Crippen LogP contribution in [0.15, 0.2) is 36.8 Å². The minimum atomic E-state index is -4.76. The second-order valence-corrected chi connectivity index (χ2v) is 16.0. The first-order valence-corrected chi connectivity index (χ1v) is 21.7. The van der Waals surface area contributed by atoms with Gasteiger partial charge >= 0.3 is 7.82 Å². The summed E-state index contributed by atoms with van der Waals surface area (Å²) in [4.78, 5) is 18.9. The Morgan fingerprint density at radius 2 is 1.57 bits per heavy atom. The molecule has 1 aliphatic rings. The summed E-state index contributed by atoms with van der Waals surface area (Å²) in [6.07, 6.45) is 17.7. The van der Waals surface area contributed by atoms with E-state index in [4.69, 9.17) is 28.0 Å². The first-order valence-electron chi connectivity index (χ1n) is 20.3. The zero-order valence-electron chi connectivity index (χ0n) is 33.3. The monoisotopic (exact) mass is 803 g/mol. The molecule has 0 saturated carbocycles. The predicted molar refractivity (Wildman–Crippen MR) is 209 cm³/mol. The molecule has 3 aromatic heterocycles. The number of rotatable bonds is 29. The van der Waals surface area contributed by atoms with Crippen molar-refractivity contribution in [3.8, 4) is 17.7 Å². The lowest BCUT2D eigenvalue weighted by Gasteiger charge is -2.24. The van der Waals surface area contributed by atoms with Gasteiger partial charge in [0.15, 0.2) is 0 Å². The van der Waals surface area contributed by atoms with Gasteiger partial charge in [-0.1, -0.05) is 103 Å². The number of fused-ring (bicyclic) bond motifs is 1. The van der Waals surface area contributed by atoms with Gasteiger partial charge in [0.2, 0.25) is 11.5 Å². The molecule has 56 heavy (non-hydrogen) atoms. The molecular formula is C40H62N5O10P. The van der Waals surface area contributed by atoms with Crippen LogP contribution < -0.4 is 9.47 Å². The maximum atomic E-state index is 13.0. The van der Waals surface area contributed by atoms with E-state index in [1.165, 1.54) is 108 Å². The highest BCUT2D eigenvalue weighted by Crippen LogP contribution is 2.46. The Bertz CT molecular complexity index is 1670. The Hall–Kier alpha value is -3.19. The van der Waals surface area contributed by atoms with Crippen molar-refractivity contribution in [3.63, 3.8) is 0 Å². The van der Waals surface area contributed by atoms with Crippen LogP contribution in [0.2, 0.25) is 0 Å². The summed E-state index contributed by atoms with van der Waals surface area (Å²) < 4.78 is 47.8. The van der Waals surface area contributed by atoms with Crippen LogP contribution in [0.25, 0.3) is 5.52 Å². The number of pyridine rings is 1. The molecule has 0 radical (unpaired) electrons. The SMILES string of the molecule is CCCCCCCCCCCCCCCCCCOC[C@H](COP(=O)(O)OC[C@H]1O[C@@](C#N)(c2ccc3c(C)ncnn23)[C@H](O)[C@@H]1O)Oc1cc(OC)ccn1. The van der Waals surface area contributed by atoms with E-state index in [0.29, 0.717) is 23.6 Å². The molecule has 3 N–H and O–H groups in total.